The van der Waals surface area contributed by atoms with Gasteiger partial charge in [-0.2, -0.15) is 0 Å². The zero-order chi connectivity index (χ0) is 13.5. The predicted molar refractivity (Wildman–Crippen MR) is 80.9 cm³/mol. The Bertz CT molecular complexity index is 571. The van der Waals surface area contributed by atoms with Crippen LogP contribution in [0.1, 0.15) is 25.3 Å². The molecule has 0 aliphatic heterocycles. The third kappa shape index (κ3) is 1.98. The molecule has 0 amide bonds. The van der Waals surface area contributed by atoms with Crippen molar-refractivity contribution in [3.8, 4) is 11.1 Å². The van der Waals surface area contributed by atoms with Gasteiger partial charge in [0.2, 0.25) is 0 Å². The average molecular weight is 251 g/mol. The minimum absolute atomic E-state index is 0.333. The van der Waals surface area contributed by atoms with Gasteiger partial charge in [0.25, 0.3) is 0 Å². The van der Waals surface area contributed by atoms with Crippen LogP contribution in [0.4, 0.5) is 0 Å². The first-order valence-corrected chi connectivity index (χ1v) is 7.00. The van der Waals surface area contributed by atoms with Crippen molar-refractivity contribution in [2.75, 3.05) is 6.54 Å². The van der Waals surface area contributed by atoms with E-state index in [-0.39, 0.29) is 0 Å². The van der Waals surface area contributed by atoms with Crippen LogP contribution in [0.5, 0.6) is 0 Å². The standard InChI is InChI=1S/C18H21N/c1-18(2)16(12-19)17(18)15-11-7-6-10-14(15)13-8-4-3-5-9-13/h3-11,16-17H,12,19H2,1-2H3. The molecule has 2 unspecified atom stereocenters. The minimum atomic E-state index is 0.333. The highest BCUT2D eigenvalue weighted by atomic mass is 14.7. The summed E-state index contributed by atoms with van der Waals surface area (Å²) < 4.78 is 0. The van der Waals surface area contributed by atoms with Crippen LogP contribution in [0.15, 0.2) is 54.6 Å². The summed E-state index contributed by atoms with van der Waals surface area (Å²) in [7, 11) is 0. The lowest BCUT2D eigenvalue weighted by molar-refractivity contribution is 0.559. The molecule has 1 heteroatoms. The van der Waals surface area contributed by atoms with Crippen molar-refractivity contribution in [2.24, 2.45) is 17.1 Å². The first-order valence-electron chi connectivity index (χ1n) is 7.00. The lowest BCUT2D eigenvalue weighted by Gasteiger charge is -2.11. The molecule has 2 aromatic carbocycles. The van der Waals surface area contributed by atoms with Crippen LogP contribution in [0.2, 0.25) is 0 Å². The summed E-state index contributed by atoms with van der Waals surface area (Å²) in [6.07, 6.45) is 0. The first-order chi connectivity index (χ1) is 9.16. The van der Waals surface area contributed by atoms with Gasteiger partial charge in [0.1, 0.15) is 0 Å². The molecular weight excluding hydrogens is 230 g/mol. The summed E-state index contributed by atoms with van der Waals surface area (Å²) in [5, 5.41) is 0. The number of rotatable bonds is 3. The van der Waals surface area contributed by atoms with Crippen LogP contribution >= 0.6 is 0 Å². The third-order valence-electron chi connectivity index (χ3n) is 4.69. The highest BCUT2D eigenvalue weighted by molar-refractivity contribution is 5.69. The molecule has 1 saturated carbocycles. The van der Waals surface area contributed by atoms with Crippen molar-refractivity contribution in [1.82, 2.24) is 0 Å². The van der Waals surface area contributed by atoms with E-state index in [1.54, 1.807) is 0 Å². The van der Waals surface area contributed by atoms with Gasteiger partial charge >= 0.3 is 0 Å². The second-order valence-electron chi connectivity index (χ2n) is 6.09. The van der Waals surface area contributed by atoms with E-state index in [1.165, 1.54) is 16.7 Å². The van der Waals surface area contributed by atoms with Crippen LogP contribution in [0.3, 0.4) is 0 Å². The summed E-state index contributed by atoms with van der Waals surface area (Å²) in [5.74, 6) is 1.20. The van der Waals surface area contributed by atoms with Crippen molar-refractivity contribution < 1.29 is 0 Å². The number of hydrogen-bond acceptors (Lipinski definition) is 1. The van der Waals surface area contributed by atoms with Gasteiger partial charge in [0.05, 0.1) is 0 Å². The molecular formula is C18H21N. The van der Waals surface area contributed by atoms with Gasteiger partial charge in [-0.05, 0) is 40.5 Å². The minimum Gasteiger partial charge on any atom is -0.330 e. The average Bonchev–Trinajstić information content (AvgIpc) is 3.01. The molecule has 1 nitrogen and oxygen atoms in total. The topological polar surface area (TPSA) is 26.0 Å². The SMILES string of the molecule is CC1(C)C(CN)C1c1ccccc1-c1ccccc1. The maximum Gasteiger partial charge on any atom is -0.00375 e. The molecule has 2 N–H and O–H groups in total. The smallest absolute Gasteiger partial charge is 0.00375 e. The summed E-state index contributed by atoms with van der Waals surface area (Å²) >= 11 is 0. The third-order valence-corrected chi connectivity index (χ3v) is 4.69. The summed E-state index contributed by atoms with van der Waals surface area (Å²) in [6.45, 7) is 5.44. The molecule has 19 heavy (non-hydrogen) atoms. The molecule has 1 fully saturated rings. The fourth-order valence-corrected chi connectivity index (χ4v) is 3.45. The zero-order valence-electron chi connectivity index (χ0n) is 11.6. The molecule has 1 aliphatic carbocycles. The van der Waals surface area contributed by atoms with E-state index < -0.39 is 0 Å². The maximum absolute atomic E-state index is 5.93. The molecule has 98 valence electrons. The normalized spacial score (nSPS) is 24.2. The molecule has 3 rings (SSSR count). The van der Waals surface area contributed by atoms with Crippen molar-refractivity contribution in [2.45, 2.75) is 19.8 Å². The Labute approximate surface area is 115 Å². The quantitative estimate of drug-likeness (QED) is 0.875. The van der Waals surface area contributed by atoms with Gasteiger partial charge < -0.3 is 5.73 Å². The Morgan fingerprint density at radius 1 is 0.947 bits per heavy atom. The number of hydrogen-bond donors (Lipinski definition) is 1. The van der Waals surface area contributed by atoms with Gasteiger partial charge in [0, 0.05) is 0 Å². The monoisotopic (exact) mass is 251 g/mol. The van der Waals surface area contributed by atoms with E-state index in [0.29, 0.717) is 17.3 Å². The van der Waals surface area contributed by atoms with Gasteiger partial charge in [0.15, 0.2) is 0 Å². The van der Waals surface area contributed by atoms with Crippen LogP contribution in [-0.2, 0) is 0 Å². The Kier molecular flexibility index (Phi) is 2.94. The molecule has 0 bridgehead atoms. The molecule has 0 spiro atoms. The van der Waals surface area contributed by atoms with E-state index in [1.807, 2.05) is 0 Å². The van der Waals surface area contributed by atoms with E-state index in [0.717, 1.165) is 6.54 Å². The van der Waals surface area contributed by atoms with Crippen molar-refractivity contribution in [3.63, 3.8) is 0 Å². The van der Waals surface area contributed by atoms with E-state index in [4.69, 9.17) is 5.73 Å². The summed E-state index contributed by atoms with van der Waals surface area (Å²) in [4.78, 5) is 0. The maximum atomic E-state index is 5.93. The Morgan fingerprint density at radius 3 is 2.21 bits per heavy atom. The number of nitrogens with two attached hydrogens (primary N) is 1. The predicted octanol–water partition coefficient (Wildman–Crippen LogP) is 4.05. The van der Waals surface area contributed by atoms with Crippen LogP contribution in [0.25, 0.3) is 11.1 Å². The van der Waals surface area contributed by atoms with E-state index in [2.05, 4.69) is 68.4 Å². The Morgan fingerprint density at radius 2 is 1.58 bits per heavy atom. The van der Waals surface area contributed by atoms with Crippen LogP contribution in [-0.4, -0.2) is 6.54 Å². The molecule has 0 saturated heterocycles. The lowest BCUT2D eigenvalue weighted by atomic mass is 9.94. The summed E-state index contributed by atoms with van der Waals surface area (Å²) in [6, 6.07) is 19.4. The van der Waals surface area contributed by atoms with Crippen molar-refractivity contribution in [3.05, 3.63) is 60.2 Å². The summed E-state index contributed by atoms with van der Waals surface area (Å²) in [5.41, 5.74) is 10.4. The fraction of sp³-hybridized carbons (Fsp3) is 0.333. The highest BCUT2D eigenvalue weighted by Gasteiger charge is 2.57. The van der Waals surface area contributed by atoms with E-state index in [9.17, 15) is 0 Å². The first kappa shape index (κ1) is 12.4. The lowest BCUT2D eigenvalue weighted by Crippen LogP contribution is -2.05. The van der Waals surface area contributed by atoms with Gasteiger partial charge in [-0.25, -0.2) is 0 Å². The fourth-order valence-electron chi connectivity index (χ4n) is 3.45. The molecule has 1 aliphatic rings. The van der Waals surface area contributed by atoms with E-state index >= 15 is 0 Å². The molecule has 0 aromatic heterocycles. The zero-order valence-corrected chi connectivity index (χ0v) is 11.6. The highest BCUT2D eigenvalue weighted by Crippen LogP contribution is 2.64. The van der Waals surface area contributed by atoms with Crippen LogP contribution < -0.4 is 5.73 Å². The van der Waals surface area contributed by atoms with Crippen molar-refractivity contribution in [1.29, 1.82) is 0 Å². The number of benzene rings is 2. The van der Waals surface area contributed by atoms with Crippen LogP contribution in [0, 0.1) is 11.3 Å². The molecule has 0 heterocycles. The molecule has 2 atom stereocenters. The van der Waals surface area contributed by atoms with Gasteiger partial charge in [-0.3, -0.25) is 0 Å². The second kappa shape index (κ2) is 4.50. The Hall–Kier alpha value is -1.60. The molecule has 2 aromatic rings. The van der Waals surface area contributed by atoms with Gasteiger partial charge in [-0.1, -0.05) is 68.4 Å². The largest absolute Gasteiger partial charge is 0.330 e. The second-order valence-corrected chi connectivity index (χ2v) is 6.09. The molecule has 0 radical (unpaired) electrons. The van der Waals surface area contributed by atoms with Gasteiger partial charge in [-0.15, -0.1) is 0 Å². The van der Waals surface area contributed by atoms with Crippen molar-refractivity contribution >= 4 is 0 Å². The Balaban J connectivity index is 2.05.